The highest BCUT2D eigenvalue weighted by atomic mass is 35.5. The van der Waals surface area contributed by atoms with Gasteiger partial charge in [-0.2, -0.15) is 0 Å². The lowest BCUT2D eigenvalue weighted by Gasteiger charge is -2.22. The highest BCUT2D eigenvalue weighted by Crippen LogP contribution is 2.34. The number of carbonyl (C=O) groups is 3. The summed E-state index contributed by atoms with van der Waals surface area (Å²) < 4.78 is 0.919. The van der Waals surface area contributed by atoms with Gasteiger partial charge in [0.2, 0.25) is 11.8 Å². The summed E-state index contributed by atoms with van der Waals surface area (Å²) >= 11 is 7.65. The molecule has 0 spiro atoms. The maximum atomic E-state index is 13.6. The van der Waals surface area contributed by atoms with Crippen molar-refractivity contribution in [2.45, 2.75) is 26.2 Å². The zero-order chi connectivity index (χ0) is 23.7. The number of halogens is 1. The molecule has 0 unspecified atom stereocenters. The van der Waals surface area contributed by atoms with Crippen LogP contribution in [0.1, 0.15) is 35.2 Å². The van der Waals surface area contributed by atoms with E-state index in [1.165, 1.54) is 11.3 Å². The molecule has 2 aromatic carbocycles. The van der Waals surface area contributed by atoms with E-state index in [0.717, 1.165) is 33.6 Å². The molecule has 4 rings (SSSR count). The SMILES string of the molecule is Cc1cc(Cl)cc2sc(N(CCCN(C)C)C(=O)c3cccc(N4C(=O)CCC4=O)c3)nc12. The van der Waals surface area contributed by atoms with Crippen molar-refractivity contribution in [2.75, 3.05) is 37.0 Å². The summed E-state index contributed by atoms with van der Waals surface area (Å²) in [7, 11) is 3.98. The summed E-state index contributed by atoms with van der Waals surface area (Å²) in [5.41, 5.74) is 2.60. The summed E-state index contributed by atoms with van der Waals surface area (Å²) in [5, 5.41) is 1.23. The molecule has 0 saturated carbocycles. The average molecular weight is 485 g/mol. The zero-order valence-electron chi connectivity index (χ0n) is 18.8. The van der Waals surface area contributed by atoms with E-state index in [-0.39, 0.29) is 30.6 Å². The number of anilines is 2. The van der Waals surface area contributed by atoms with Gasteiger partial charge in [0.25, 0.3) is 5.91 Å². The topological polar surface area (TPSA) is 73.8 Å². The van der Waals surface area contributed by atoms with Crippen molar-refractivity contribution >= 4 is 61.7 Å². The van der Waals surface area contributed by atoms with Crippen LogP contribution >= 0.6 is 22.9 Å². The first-order valence-electron chi connectivity index (χ1n) is 10.7. The Labute approximate surface area is 201 Å². The lowest BCUT2D eigenvalue weighted by atomic mass is 10.1. The molecular formula is C24H25ClN4O3S. The molecule has 172 valence electrons. The number of aryl methyl sites for hydroxylation is 1. The normalized spacial score (nSPS) is 14.0. The van der Waals surface area contributed by atoms with Crippen LogP contribution in [-0.4, -0.2) is 54.8 Å². The van der Waals surface area contributed by atoms with E-state index in [1.807, 2.05) is 33.2 Å². The van der Waals surface area contributed by atoms with Crippen LogP contribution < -0.4 is 9.80 Å². The van der Waals surface area contributed by atoms with Gasteiger partial charge in [-0.25, -0.2) is 4.98 Å². The Morgan fingerprint density at radius 3 is 2.55 bits per heavy atom. The van der Waals surface area contributed by atoms with Gasteiger partial charge in [0.05, 0.1) is 15.9 Å². The summed E-state index contributed by atoms with van der Waals surface area (Å²) in [5.74, 6) is -0.713. The number of carbonyl (C=O) groups excluding carboxylic acids is 3. The van der Waals surface area contributed by atoms with Crippen LogP contribution in [0.15, 0.2) is 36.4 Å². The number of hydrogen-bond acceptors (Lipinski definition) is 6. The Balaban J connectivity index is 1.70. The second-order valence-corrected chi connectivity index (χ2v) is 9.80. The molecule has 0 aliphatic carbocycles. The summed E-state index contributed by atoms with van der Waals surface area (Å²) in [4.78, 5) is 47.6. The third kappa shape index (κ3) is 4.93. The van der Waals surface area contributed by atoms with Gasteiger partial charge in [0.15, 0.2) is 5.13 Å². The monoisotopic (exact) mass is 484 g/mol. The van der Waals surface area contributed by atoms with Crippen LogP contribution in [0.3, 0.4) is 0 Å². The number of thiazole rings is 1. The zero-order valence-corrected chi connectivity index (χ0v) is 20.4. The van der Waals surface area contributed by atoms with E-state index < -0.39 is 0 Å². The highest BCUT2D eigenvalue weighted by molar-refractivity contribution is 7.22. The maximum absolute atomic E-state index is 13.6. The number of aromatic nitrogens is 1. The van der Waals surface area contributed by atoms with Crippen molar-refractivity contribution < 1.29 is 14.4 Å². The number of hydrogen-bond donors (Lipinski definition) is 0. The molecule has 1 aliphatic heterocycles. The van der Waals surface area contributed by atoms with Crippen molar-refractivity contribution in [3.63, 3.8) is 0 Å². The smallest absolute Gasteiger partial charge is 0.260 e. The summed E-state index contributed by atoms with van der Waals surface area (Å²) in [6, 6.07) is 10.4. The molecular weight excluding hydrogens is 460 g/mol. The third-order valence-corrected chi connectivity index (χ3v) is 6.75. The molecule has 9 heteroatoms. The van der Waals surface area contributed by atoms with Crippen molar-refractivity contribution in [3.8, 4) is 0 Å². The molecule has 1 aliphatic rings. The van der Waals surface area contributed by atoms with Gasteiger partial charge < -0.3 is 4.90 Å². The molecule has 0 N–H and O–H groups in total. The van der Waals surface area contributed by atoms with Gasteiger partial charge in [-0.15, -0.1) is 0 Å². The second-order valence-electron chi connectivity index (χ2n) is 8.35. The second kappa shape index (κ2) is 9.59. The number of fused-ring (bicyclic) bond motifs is 1. The van der Waals surface area contributed by atoms with Crippen molar-refractivity contribution in [2.24, 2.45) is 0 Å². The summed E-state index contributed by atoms with van der Waals surface area (Å²) in [6.45, 7) is 3.25. The Morgan fingerprint density at radius 2 is 1.85 bits per heavy atom. The predicted molar refractivity (Wildman–Crippen MR) is 132 cm³/mol. The molecule has 2 heterocycles. The first kappa shape index (κ1) is 23.4. The number of imide groups is 1. The van der Waals surface area contributed by atoms with Crippen molar-refractivity contribution in [1.29, 1.82) is 0 Å². The molecule has 1 fully saturated rings. The van der Waals surface area contributed by atoms with E-state index in [2.05, 4.69) is 4.90 Å². The molecule has 0 radical (unpaired) electrons. The Hall–Kier alpha value is -2.81. The van der Waals surface area contributed by atoms with Gasteiger partial charge in [-0.1, -0.05) is 29.0 Å². The Bertz CT molecular complexity index is 1220. The van der Waals surface area contributed by atoms with E-state index in [9.17, 15) is 14.4 Å². The Kier molecular flexibility index (Phi) is 6.78. The first-order chi connectivity index (χ1) is 15.7. The molecule has 1 aromatic heterocycles. The van der Waals surface area contributed by atoms with Crippen LogP contribution in [0.25, 0.3) is 10.2 Å². The Morgan fingerprint density at radius 1 is 1.12 bits per heavy atom. The van der Waals surface area contributed by atoms with Crippen LogP contribution in [0, 0.1) is 6.92 Å². The fourth-order valence-electron chi connectivity index (χ4n) is 3.89. The number of rotatable bonds is 7. The standard InChI is InChI=1S/C24H25ClN4O3S/c1-15-12-17(25)14-19-22(15)26-24(33-19)28(11-5-10-27(2)3)23(32)16-6-4-7-18(13-16)29-20(30)8-9-21(29)31/h4,6-7,12-14H,5,8-11H2,1-3H3. The number of nitrogens with zero attached hydrogens (tertiary/aromatic N) is 4. The number of amides is 3. The summed E-state index contributed by atoms with van der Waals surface area (Å²) in [6.07, 6.45) is 1.15. The molecule has 1 saturated heterocycles. The van der Waals surface area contributed by atoms with Crippen molar-refractivity contribution in [3.05, 3.63) is 52.5 Å². The van der Waals surface area contributed by atoms with Gasteiger partial charge in [-0.05, 0) is 69.9 Å². The van der Waals surface area contributed by atoms with Gasteiger partial charge in [0, 0.05) is 30.0 Å². The molecule has 0 bridgehead atoms. The molecule has 3 amide bonds. The van der Waals surface area contributed by atoms with Crippen molar-refractivity contribution in [1.82, 2.24) is 9.88 Å². The number of benzene rings is 2. The largest absolute Gasteiger partial charge is 0.309 e. The average Bonchev–Trinajstić information content (AvgIpc) is 3.33. The lowest BCUT2D eigenvalue weighted by molar-refractivity contribution is -0.121. The van der Waals surface area contributed by atoms with E-state index >= 15 is 0 Å². The van der Waals surface area contributed by atoms with Gasteiger partial charge in [0.1, 0.15) is 0 Å². The third-order valence-electron chi connectivity index (χ3n) is 5.50. The lowest BCUT2D eigenvalue weighted by Crippen LogP contribution is -2.34. The first-order valence-corrected chi connectivity index (χ1v) is 11.9. The maximum Gasteiger partial charge on any atom is 0.260 e. The molecule has 7 nitrogen and oxygen atoms in total. The van der Waals surface area contributed by atoms with Gasteiger partial charge in [-0.3, -0.25) is 24.2 Å². The quantitative estimate of drug-likeness (QED) is 0.461. The van der Waals surface area contributed by atoms with Crippen LogP contribution in [0.4, 0.5) is 10.8 Å². The highest BCUT2D eigenvalue weighted by Gasteiger charge is 2.31. The van der Waals surface area contributed by atoms with E-state index in [1.54, 1.807) is 29.2 Å². The van der Waals surface area contributed by atoms with E-state index in [0.29, 0.717) is 27.9 Å². The minimum atomic E-state index is -0.244. The van der Waals surface area contributed by atoms with Gasteiger partial charge >= 0.3 is 0 Å². The molecule has 0 atom stereocenters. The fraction of sp³-hybridized carbons (Fsp3) is 0.333. The predicted octanol–water partition coefficient (Wildman–Crippen LogP) is 4.51. The van der Waals surface area contributed by atoms with E-state index in [4.69, 9.17) is 16.6 Å². The minimum Gasteiger partial charge on any atom is -0.309 e. The molecule has 3 aromatic rings. The molecule has 33 heavy (non-hydrogen) atoms. The fourth-order valence-corrected chi connectivity index (χ4v) is 5.33. The van der Waals surface area contributed by atoms with Crippen LogP contribution in [0.2, 0.25) is 5.02 Å². The van der Waals surface area contributed by atoms with Crippen LogP contribution in [-0.2, 0) is 9.59 Å². The van der Waals surface area contributed by atoms with Crippen LogP contribution in [0.5, 0.6) is 0 Å². The minimum absolute atomic E-state index is 0.196.